The molecule has 0 bridgehead atoms. The van der Waals surface area contributed by atoms with Crippen molar-refractivity contribution in [1.82, 2.24) is 4.98 Å². The lowest BCUT2D eigenvalue weighted by atomic mass is 10.1. The van der Waals surface area contributed by atoms with Crippen LogP contribution in [0.4, 0.5) is 0 Å². The number of carbonyl (C=O) groups excluding carboxylic acids is 1. The molecule has 0 fully saturated rings. The van der Waals surface area contributed by atoms with E-state index in [9.17, 15) is 4.79 Å². The molecule has 0 saturated carbocycles. The number of nitrogens with one attached hydrogen (secondary N) is 1. The number of carbonyl (C=O) groups is 1. The fraction of sp³-hybridized carbons (Fsp3) is 0.357. The van der Waals surface area contributed by atoms with E-state index in [-0.39, 0.29) is 16.7 Å². The second kappa shape index (κ2) is 5.14. The number of aromatic amines is 1. The van der Waals surface area contributed by atoms with Crippen molar-refractivity contribution in [1.29, 1.82) is 0 Å². The smallest absolute Gasteiger partial charge is 0.178 e. The average molecular weight is 310 g/mol. The first-order chi connectivity index (χ1) is 8.50. The number of fused-ring (bicyclic) bond motifs is 1. The zero-order chi connectivity index (χ0) is 13.3. The van der Waals surface area contributed by atoms with Crippen LogP contribution in [0.2, 0.25) is 0 Å². The minimum Gasteiger partial charge on any atom is -0.490 e. The van der Waals surface area contributed by atoms with Crippen LogP contribution in [0.15, 0.2) is 24.4 Å². The molecule has 1 unspecified atom stereocenters. The zero-order valence-electron chi connectivity index (χ0n) is 10.7. The van der Waals surface area contributed by atoms with Crippen molar-refractivity contribution in [3.63, 3.8) is 0 Å². The van der Waals surface area contributed by atoms with Gasteiger partial charge in [-0.1, -0.05) is 22.0 Å². The van der Waals surface area contributed by atoms with Crippen LogP contribution >= 0.6 is 15.9 Å². The molecule has 18 heavy (non-hydrogen) atoms. The zero-order valence-corrected chi connectivity index (χ0v) is 12.2. The maximum atomic E-state index is 12.1. The molecule has 0 amide bonds. The lowest BCUT2D eigenvalue weighted by Gasteiger charge is -2.12. The number of ketones is 1. The standard InChI is InChI=1S/C14H16BrNO2/c1-8(2)18-12-6-4-5-11-13(12)10(7-16-11)14(17)9(3)15/h4-9,16H,1-3H3. The Morgan fingerprint density at radius 3 is 2.67 bits per heavy atom. The van der Waals surface area contributed by atoms with E-state index in [1.807, 2.05) is 39.0 Å². The number of rotatable bonds is 4. The Morgan fingerprint density at radius 1 is 1.33 bits per heavy atom. The van der Waals surface area contributed by atoms with Gasteiger partial charge < -0.3 is 9.72 Å². The molecule has 1 aromatic heterocycles. The predicted octanol–water partition coefficient (Wildman–Crippen LogP) is 3.92. The minimum atomic E-state index is -0.205. The molecular weight excluding hydrogens is 294 g/mol. The SMILES string of the molecule is CC(C)Oc1cccc2[nH]cc(C(=O)C(C)Br)c12. The summed E-state index contributed by atoms with van der Waals surface area (Å²) in [5, 5.41) is 0.863. The number of hydrogen-bond acceptors (Lipinski definition) is 2. The van der Waals surface area contributed by atoms with Crippen LogP contribution < -0.4 is 4.74 Å². The monoisotopic (exact) mass is 309 g/mol. The molecule has 96 valence electrons. The van der Waals surface area contributed by atoms with Crippen molar-refractivity contribution in [2.45, 2.75) is 31.7 Å². The van der Waals surface area contributed by atoms with Crippen LogP contribution in [0.5, 0.6) is 5.75 Å². The summed E-state index contributed by atoms with van der Waals surface area (Å²) < 4.78 is 5.77. The van der Waals surface area contributed by atoms with Crippen molar-refractivity contribution < 1.29 is 9.53 Å². The molecule has 2 aromatic rings. The maximum Gasteiger partial charge on any atom is 0.178 e. The quantitative estimate of drug-likeness (QED) is 0.687. The number of Topliss-reactive ketones (excluding diaryl/α,β-unsaturated/α-hetero) is 1. The van der Waals surface area contributed by atoms with E-state index >= 15 is 0 Å². The van der Waals surface area contributed by atoms with E-state index in [1.165, 1.54) is 0 Å². The van der Waals surface area contributed by atoms with Gasteiger partial charge in [-0.15, -0.1) is 0 Å². The molecule has 0 radical (unpaired) electrons. The molecule has 0 aliphatic carbocycles. The van der Waals surface area contributed by atoms with E-state index in [4.69, 9.17) is 4.74 Å². The highest BCUT2D eigenvalue weighted by Crippen LogP contribution is 2.30. The highest BCUT2D eigenvalue weighted by atomic mass is 79.9. The number of benzene rings is 1. The molecule has 2 rings (SSSR count). The first-order valence-electron chi connectivity index (χ1n) is 5.95. The number of halogens is 1. The Hall–Kier alpha value is -1.29. The Kier molecular flexibility index (Phi) is 3.76. The van der Waals surface area contributed by atoms with Gasteiger partial charge in [0.15, 0.2) is 5.78 Å². The van der Waals surface area contributed by atoms with E-state index in [0.29, 0.717) is 5.56 Å². The number of alkyl halides is 1. The Balaban J connectivity index is 2.58. The van der Waals surface area contributed by atoms with Gasteiger partial charge in [0.2, 0.25) is 0 Å². The van der Waals surface area contributed by atoms with Crippen molar-refractivity contribution in [2.24, 2.45) is 0 Å². The maximum absolute atomic E-state index is 12.1. The fourth-order valence-corrected chi connectivity index (χ4v) is 2.16. The molecule has 0 saturated heterocycles. The summed E-state index contributed by atoms with van der Waals surface area (Å²) in [5.41, 5.74) is 1.59. The van der Waals surface area contributed by atoms with Gasteiger partial charge in [-0.05, 0) is 32.9 Å². The third-order valence-corrected chi connectivity index (χ3v) is 3.07. The van der Waals surface area contributed by atoms with Gasteiger partial charge in [0.05, 0.1) is 16.3 Å². The first kappa shape index (κ1) is 13.1. The summed E-state index contributed by atoms with van der Waals surface area (Å²) in [6.07, 6.45) is 1.83. The van der Waals surface area contributed by atoms with Crippen LogP contribution in [0.3, 0.4) is 0 Å². The van der Waals surface area contributed by atoms with E-state index in [2.05, 4.69) is 20.9 Å². The van der Waals surface area contributed by atoms with Crippen LogP contribution in [0.25, 0.3) is 10.9 Å². The van der Waals surface area contributed by atoms with Gasteiger partial charge in [-0.25, -0.2) is 0 Å². The highest BCUT2D eigenvalue weighted by Gasteiger charge is 2.19. The number of ether oxygens (including phenoxy) is 1. The number of H-pyrrole nitrogens is 1. The van der Waals surface area contributed by atoms with Gasteiger partial charge in [-0.3, -0.25) is 4.79 Å². The summed E-state index contributed by atoms with van der Waals surface area (Å²) in [7, 11) is 0. The van der Waals surface area contributed by atoms with Gasteiger partial charge in [0, 0.05) is 17.3 Å². The van der Waals surface area contributed by atoms with Gasteiger partial charge in [0.25, 0.3) is 0 Å². The summed E-state index contributed by atoms with van der Waals surface area (Å²) in [5.74, 6) is 0.807. The van der Waals surface area contributed by atoms with Crippen LogP contribution in [0, 0.1) is 0 Å². The lowest BCUT2D eigenvalue weighted by molar-refractivity contribution is 0.0997. The van der Waals surface area contributed by atoms with E-state index in [0.717, 1.165) is 16.7 Å². The molecule has 0 aliphatic heterocycles. The predicted molar refractivity (Wildman–Crippen MR) is 76.8 cm³/mol. The molecular formula is C14H16BrNO2. The van der Waals surface area contributed by atoms with Gasteiger partial charge in [0.1, 0.15) is 5.75 Å². The van der Waals surface area contributed by atoms with Gasteiger partial charge in [-0.2, -0.15) is 0 Å². The minimum absolute atomic E-state index is 0.0565. The summed E-state index contributed by atoms with van der Waals surface area (Å²) in [6.45, 7) is 5.77. The second-order valence-corrected chi connectivity index (χ2v) is 5.90. The Labute approximate surface area is 115 Å². The number of aromatic nitrogens is 1. The third-order valence-electron chi connectivity index (χ3n) is 2.66. The average Bonchev–Trinajstić information content (AvgIpc) is 2.72. The molecule has 1 N–H and O–H groups in total. The molecule has 0 aliphatic rings. The topological polar surface area (TPSA) is 42.1 Å². The summed E-state index contributed by atoms with van der Waals surface area (Å²) in [6, 6.07) is 5.76. The normalized spacial score (nSPS) is 12.9. The van der Waals surface area contributed by atoms with E-state index in [1.54, 1.807) is 6.20 Å². The van der Waals surface area contributed by atoms with Crippen LogP contribution in [-0.4, -0.2) is 21.7 Å². The van der Waals surface area contributed by atoms with Crippen molar-refractivity contribution in [2.75, 3.05) is 0 Å². The van der Waals surface area contributed by atoms with Crippen LogP contribution in [-0.2, 0) is 0 Å². The number of hydrogen-bond donors (Lipinski definition) is 1. The lowest BCUT2D eigenvalue weighted by Crippen LogP contribution is -2.10. The molecule has 1 aromatic carbocycles. The fourth-order valence-electron chi connectivity index (χ4n) is 1.91. The second-order valence-electron chi connectivity index (χ2n) is 4.53. The molecule has 1 heterocycles. The molecule has 3 nitrogen and oxygen atoms in total. The van der Waals surface area contributed by atoms with Crippen molar-refractivity contribution >= 4 is 32.6 Å². The largest absolute Gasteiger partial charge is 0.490 e. The van der Waals surface area contributed by atoms with Crippen molar-refractivity contribution in [3.8, 4) is 5.75 Å². The third kappa shape index (κ3) is 2.43. The highest BCUT2D eigenvalue weighted by molar-refractivity contribution is 9.10. The Morgan fingerprint density at radius 2 is 2.06 bits per heavy atom. The summed E-state index contributed by atoms with van der Waals surface area (Å²) >= 11 is 3.32. The first-order valence-corrected chi connectivity index (χ1v) is 6.87. The summed E-state index contributed by atoms with van der Waals surface area (Å²) in [4.78, 5) is 15.0. The van der Waals surface area contributed by atoms with Gasteiger partial charge >= 0.3 is 0 Å². The molecule has 0 spiro atoms. The molecule has 1 atom stereocenters. The molecule has 4 heteroatoms. The van der Waals surface area contributed by atoms with Crippen LogP contribution in [0.1, 0.15) is 31.1 Å². The van der Waals surface area contributed by atoms with Crippen molar-refractivity contribution in [3.05, 3.63) is 30.0 Å². The Bertz CT molecular complexity index is 572. The van der Waals surface area contributed by atoms with E-state index < -0.39 is 0 Å².